The topological polar surface area (TPSA) is 91.2 Å². The van der Waals surface area contributed by atoms with E-state index in [4.69, 9.17) is 13.7 Å². The van der Waals surface area contributed by atoms with Gasteiger partial charge in [-0.15, -0.1) is 10.2 Å². The third kappa shape index (κ3) is 3.52. The number of halogens is 1. The number of carbonyl (C=O) groups is 1. The van der Waals surface area contributed by atoms with Crippen LogP contribution >= 0.6 is 0 Å². The molecule has 0 aliphatic heterocycles. The molecule has 4 rings (SSSR count). The molecule has 140 valence electrons. The number of hydrogen-bond donors (Lipinski definition) is 0. The number of aromatic nitrogens is 3. The number of carbonyl (C=O) groups excluding carboxylic acids is 1. The van der Waals surface area contributed by atoms with Crippen molar-refractivity contribution in [3.05, 3.63) is 77.6 Å². The first-order valence-corrected chi connectivity index (χ1v) is 8.36. The lowest BCUT2D eigenvalue weighted by molar-refractivity contribution is 0.0464. The van der Waals surface area contributed by atoms with Gasteiger partial charge in [0.1, 0.15) is 18.1 Å². The van der Waals surface area contributed by atoms with Crippen molar-refractivity contribution in [3.63, 3.8) is 0 Å². The zero-order valence-corrected chi connectivity index (χ0v) is 14.8. The van der Waals surface area contributed by atoms with E-state index in [2.05, 4.69) is 15.4 Å². The molecule has 0 saturated heterocycles. The summed E-state index contributed by atoms with van der Waals surface area (Å²) in [5.41, 5.74) is 3.00. The highest BCUT2D eigenvalue weighted by molar-refractivity contribution is 5.89. The van der Waals surface area contributed by atoms with Crippen molar-refractivity contribution in [3.8, 4) is 22.8 Å². The van der Waals surface area contributed by atoms with E-state index < -0.39 is 5.97 Å². The van der Waals surface area contributed by atoms with Crippen LogP contribution in [0.4, 0.5) is 4.39 Å². The molecule has 2 heterocycles. The lowest BCUT2D eigenvalue weighted by Gasteiger charge is -2.04. The number of benzene rings is 2. The fraction of sp³-hybridized carbons (Fsp3) is 0.100. The van der Waals surface area contributed by atoms with Crippen LogP contribution in [0.2, 0.25) is 0 Å². The van der Waals surface area contributed by atoms with Crippen LogP contribution in [0.1, 0.15) is 21.6 Å². The van der Waals surface area contributed by atoms with Gasteiger partial charge in [-0.05, 0) is 55.5 Å². The van der Waals surface area contributed by atoms with Crippen LogP contribution in [0.5, 0.6) is 0 Å². The maximum atomic E-state index is 13.1. The van der Waals surface area contributed by atoms with Gasteiger partial charge >= 0.3 is 5.97 Å². The normalized spacial score (nSPS) is 10.8. The van der Waals surface area contributed by atoms with Crippen LogP contribution in [0.3, 0.4) is 0 Å². The minimum Gasteiger partial charge on any atom is -0.455 e. The number of hydrogen-bond acceptors (Lipinski definition) is 7. The van der Waals surface area contributed by atoms with E-state index in [1.807, 2.05) is 0 Å². The predicted molar refractivity (Wildman–Crippen MR) is 95.5 cm³/mol. The fourth-order valence-corrected chi connectivity index (χ4v) is 2.64. The molecule has 8 heteroatoms. The number of ether oxygens (including phenoxy) is 1. The van der Waals surface area contributed by atoms with Gasteiger partial charge in [-0.2, -0.15) is 0 Å². The quantitative estimate of drug-likeness (QED) is 0.480. The lowest BCUT2D eigenvalue weighted by atomic mass is 10.1. The highest BCUT2D eigenvalue weighted by atomic mass is 19.1. The van der Waals surface area contributed by atoms with E-state index in [9.17, 15) is 9.18 Å². The molecule has 0 fully saturated rings. The Morgan fingerprint density at radius 1 is 1.07 bits per heavy atom. The molecule has 0 saturated carbocycles. The van der Waals surface area contributed by atoms with Crippen molar-refractivity contribution in [2.75, 3.05) is 0 Å². The summed E-state index contributed by atoms with van der Waals surface area (Å²) in [6.07, 6.45) is 1.23. The van der Waals surface area contributed by atoms with Crippen LogP contribution in [-0.2, 0) is 11.3 Å². The number of nitrogens with zero attached hydrogens (tertiary/aromatic N) is 3. The van der Waals surface area contributed by atoms with Crippen molar-refractivity contribution in [2.24, 2.45) is 0 Å². The number of esters is 1. The molecule has 2 aromatic carbocycles. The third-order valence-electron chi connectivity index (χ3n) is 4.19. The number of rotatable bonds is 5. The Morgan fingerprint density at radius 3 is 2.46 bits per heavy atom. The largest absolute Gasteiger partial charge is 0.455 e. The molecule has 0 amide bonds. The standard InChI is InChI=1S/C20H14FN3O4/c1-12-17(24-28-18(12)13-6-8-16(21)9-7-13)10-26-20(25)15-4-2-14(3-5-15)19-23-22-11-27-19/h2-9,11H,10H2,1H3. The van der Waals surface area contributed by atoms with E-state index in [1.54, 1.807) is 43.3 Å². The molecule has 0 spiro atoms. The van der Waals surface area contributed by atoms with Crippen LogP contribution < -0.4 is 0 Å². The second-order valence-corrected chi connectivity index (χ2v) is 5.99. The van der Waals surface area contributed by atoms with Gasteiger partial charge in [0, 0.05) is 16.7 Å². The maximum Gasteiger partial charge on any atom is 0.338 e. The first-order valence-electron chi connectivity index (χ1n) is 8.36. The van der Waals surface area contributed by atoms with Gasteiger partial charge in [-0.1, -0.05) is 5.16 Å². The summed E-state index contributed by atoms with van der Waals surface area (Å²) < 4.78 is 28.8. The molecule has 0 unspecified atom stereocenters. The minimum atomic E-state index is -0.497. The Kier molecular flexibility index (Phi) is 4.67. The predicted octanol–water partition coefficient (Wildman–Crippen LogP) is 4.20. The second-order valence-electron chi connectivity index (χ2n) is 5.99. The monoisotopic (exact) mass is 379 g/mol. The van der Waals surface area contributed by atoms with E-state index in [-0.39, 0.29) is 12.4 Å². The van der Waals surface area contributed by atoms with Crippen LogP contribution in [0.25, 0.3) is 22.8 Å². The van der Waals surface area contributed by atoms with Gasteiger partial charge < -0.3 is 13.7 Å². The average molecular weight is 379 g/mol. The molecule has 28 heavy (non-hydrogen) atoms. The highest BCUT2D eigenvalue weighted by Crippen LogP contribution is 2.26. The Bertz CT molecular complexity index is 1090. The first kappa shape index (κ1) is 17.6. The molecule has 7 nitrogen and oxygen atoms in total. The van der Waals surface area contributed by atoms with Crippen molar-refractivity contribution < 1.29 is 22.9 Å². The zero-order valence-electron chi connectivity index (χ0n) is 14.8. The highest BCUT2D eigenvalue weighted by Gasteiger charge is 2.16. The SMILES string of the molecule is Cc1c(COC(=O)c2ccc(-c3nnco3)cc2)noc1-c1ccc(F)cc1. The summed E-state index contributed by atoms with van der Waals surface area (Å²) in [5.74, 6) is 0.0458. The second kappa shape index (κ2) is 7.43. The molecule has 0 bridgehead atoms. The summed E-state index contributed by atoms with van der Waals surface area (Å²) in [7, 11) is 0. The van der Waals surface area contributed by atoms with Crippen molar-refractivity contribution >= 4 is 5.97 Å². The summed E-state index contributed by atoms with van der Waals surface area (Å²) in [5, 5.41) is 11.4. The third-order valence-corrected chi connectivity index (χ3v) is 4.19. The van der Waals surface area contributed by atoms with Crippen molar-refractivity contribution in [2.45, 2.75) is 13.5 Å². The molecular weight excluding hydrogens is 365 g/mol. The van der Waals surface area contributed by atoms with Crippen LogP contribution in [0.15, 0.2) is 63.9 Å². The molecule has 2 aromatic heterocycles. The Labute approximate surface area is 158 Å². The summed E-state index contributed by atoms with van der Waals surface area (Å²) >= 11 is 0. The maximum absolute atomic E-state index is 13.1. The summed E-state index contributed by atoms with van der Waals surface area (Å²) in [6, 6.07) is 12.5. The van der Waals surface area contributed by atoms with Gasteiger partial charge in [0.25, 0.3) is 0 Å². The van der Waals surface area contributed by atoms with E-state index in [1.165, 1.54) is 18.5 Å². The zero-order chi connectivity index (χ0) is 19.5. The minimum absolute atomic E-state index is 0.0409. The van der Waals surface area contributed by atoms with E-state index in [0.29, 0.717) is 34.0 Å². The molecule has 0 atom stereocenters. The lowest BCUT2D eigenvalue weighted by Crippen LogP contribution is -2.06. The summed E-state index contributed by atoms with van der Waals surface area (Å²) in [4.78, 5) is 12.3. The van der Waals surface area contributed by atoms with Gasteiger partial charge in [-0.25, -0.2) is 9.18 Å². The molecule has 4 aromatic rings. The Hall–Kier alpha value is -3.81. The van der Waals surface area contributed by atoms with Crippen LogP contribution in [0, 0.1) is 12.7 Å². The average Bonchev–Trinajstić information content (AvgIpc) is 3.37. The molecule has 0 aliphatic rings. The molecule has 0 N–H and O–H groups in total. The van der Waals surface area contributed by atoms with Crippen molar-refractivity contribution in [1.29, 1.82) is 0 Å². The van der Waals surface area contributed by atoms with E-state index in [0.717, 1.165) is 5.56 Å². The van der Waals surface area contributed by atoms with Crippen LogP contribution in [-0.4, -0.2) is 21.3 Å². The molecular formula is C20H14FN3O4. The van der Waals surface area contributed by atoms with Gasteiger partial charge in [0.2, 0.25) is 12.3 Å². The van der Waals surface area contributed by atoms with Gasteiger partial charge in [-0.3, -0.25) is 0 Å². The smallest absolute Gasteiger partial charge is 0.338 e. The fourth-order valence-electron chi connectivity index (χ4n) is 2.64. The van der Waals surface area contributed by atoms with Gasteiger partial charge in [0.15, 0.2) is 5.76 Å². The molecule has 0 aliphatic carbocycles. The Balaban J connectivity index is 1.43. The molecule has 0 radical (unpaired) electrons. The Morgan fingerprint density at radius 2 is 1.79 bits per heavy atom. The van der Waals surface area contributed by atoms with Gasteiger partial charge in [0.05, 0.1) is 5.56 Å². The summed E-state index contributed by atoms with van der Waals surface area (Å²) in [6.45, 7) is 1.76. The van der Waals surface area contributed by atoms with E-state index >= 15 is 0 Å². The van der Waals surface area contributed by atoms with Crippen molar-refractivity contribution in [1.82, 2.24) is 15.4 Å². The first-order chi connectivity index (χ1) is 13.6.